The lowest BCUT2D eigenvalue weighted by molar-refractivity contribution is -0.0101. The molecule has 0 aromatic carbocycles. The number of rotatable bonds is 1. The largest absolute Gasteiger partial charge is 0.369 e. The zero-order valence-corrected chi connectivity index (χ0v) is 4.92. The Hall–Kier alpha value is -0.810. The van der Waals surface area contributed by atoms with E-state index in [1.54, 1.807) is 0 Å². The highest BCUT2D eigenvalue weighted by Crippen LogP contribution is 1.96. The number of carbonyl (C=O) groups excluding carboxylic acids is 1. The standard InChI is InChI=1S/C4H8N2O3/c1-9-3-2(7)5-4(8)6-3/h2-3,7H,1H3,(H2,5,6,8). The Bertz CT molecular complexity index is 127. The third-order valence-electron chi connectivity index (χ3n) is 1.09. The van der Waals surface area contributed by atoms with E-state index < -0.39 is 18.5 Å². The Morgan fingerprint density at radius 1 is 1.67 bits per heavy atom. The van der Waals surface area contributed by atoms with Crippen LogP contribution in [0.3, 0.4) is 0 Å². The number of ether oxygens (including phenoxy) is 1. The molecular formula is C4H8N2O3. The highest BCUT2D eigenvalue weighted by molar-refractivity contribution is 5.76. The summed E-state index contributed by atoms with van der Waals surface area (Å²) in [7, 11) is 1.40. The number of hydrogen-bond donors (Lipinski definition) is 3. The van der Waals surface area contributed by atoms with Crippen molar-refractivity contribution in [1.82, 2.24) is 10.6 Å². The number of nitrogens with one attached hydrogen (secondary N) is 2. The van der Waals surface area contributed by atoms with Crippen LogP contribution < -0.4 is 10.6 Å². The fourth-order valence-corrected chi connectivity index (χ4v) is 0.648. The van der Waals surface area contributed by atoms with Crippen molar-refractivity contribution in [2.45, 2.75) is 12.5 Å². The normalized spacial score (nSPS) is 33.8. The molecule has 0 spiro atoms. The third-order valence-corrected chi connectivity index (χ3v) is 1.09. The number of methoxy groups -OCH3 is 1. The fraction of sp³-hybridized carbons (Fsp3) is 0.750. The SMILES string of the molecule is COC1NC(=O)NC1O. The fourth-order valence-electron chi connectivity index (χ4n) is 0.648. The second kappa shape index (κ2) is 2.20. The summed E-state index contributed by atoms with van der Waals surface area (Å²) in [6, 6.07) is -0.408. The third kappa shape index (κ3) is 1.11. The highest BCUT2D eigenvalue weighted by Gasteiger charge is 2.28. The van der Waals surface area contributed by atoms with Gasteiger partial charge in [0.2, 0.25) is 0 Å². The van der Waals surface area contributed by atoms with E-state index in [1.165, 1.54) is 7.11 Å². The summed E-state index contributed by atoms with van der Waals surface area (Å²) in [5.74, 6) is 0. The second-order valence-corrected chi connectivity index (χ2v) is 1.72. The van der Waals surface area contributed by atoms with Gasteiger partial charge in [-0.2, -0.15) is 0 Å². The van der Waals surface area contributed by atoms with Gasteiger partial charge in [-0.15, -0.1) is 0 Å². The van der Waals surface area contributed by atoms with Gasteiger partial charge in [0.1, 0.15) is 0 Å². The molecule has 0 aliphatic carbocycles. The molecule has 0 saturated carbocycles. The Balaban J connectivity index is 2.47. The van der Waals surface area contributed by atoms with E-state index >= 15 is 0 Å². The molecule has 2 amide bonds. The van der Waals surface area contributed by atoms with E-state index in [9.17, 15) is 4.79 Å². The molecule has 0 radical (unpaired) electrons. The maximum absolute atomic E-state index is 10.4. The van der Waals surface area contributed by atoms with E-state index in [0.29, 0.717) is 0 Å². The van der Waals surface area contributed by atoms with Gasteiger partial charge >= 0.3 is 6.03 Å². The van der Waals surface area contributed by atoms with Crippen LogP contribution in [0, 0.1) is 0 Å². The van der Waals surface area contributed by atoms with Crippen molar-refractivity contribution in [3.63, 3.8) is 0 Å². The van der Waals surface area contributed by atoms with Crippen LogP contribution in [0.1, 0.15) is 0 Å². The van der Waals surface area contributed by atoms with Crippen LogP contribution in [0.4, 0.5) is 4.79 Å². The van der Waals surface area contributed by atoms with Crippen LogP contribution >= 0.6 is 0 Å². The number of aliphatic hydroxyl groups is 1. The van der Waals surface area contributed by atoms with E-state index in [0.717, 1.165) is 0 Å². The first kappa shape index (κ1) is 6.31. The van der Waals surface area contributed by atoms with Crippen molar-refractivity contribution >= 4 is 6.03 Å². The van der Waals surface area contributed by atoms with Crippen molar-refractivity contribution in [1.29, 1.82) is 0 Å². The molecular weight excluding hydrogens is 124 g/mol. The summed E-state index contributed by atoms with van der Waals surface area (Å²) in [6.45, 7) is 0. The molecule has 1 aliphatic rings. The highest BCUT2D eigenvalue weighted by atomic mass is 16.5. The summed E-state index contributed by atoms with van der Waals surface area (Å²) in [6.07, 6.45) is -1.54. The maximum atomic E-state index is 10.4. The molecule has 1 heterocycles. The second-order valence-electron chi connectivity index (χ2n) is 1.72. The summed E-state index contributed by atoms with van der Waals surface area (Å²) in [4.78, 5) is 10.4. The Labute approximate surface area is 52.0 Å². The van der Waals surface area contributed by atoms with Crippen molar-refractivity contribution in [3.8, 4) is 0 Å². The smallest absolute Gasteiger partial charge is 0.319 e. The minimum atomic E-state index is -0.928. The average molecular weight is 132 g/mol. The van der Waals surface area contributed by atoms with Crippen molar-refractivity contribution in [2.24, 2.45) is 0 Å². The lowest BCUT2D eigenvalue weighted by atomic mass is 10.5. The number of aliphatic hydroxyl groups excluding tert-OH is 1. The van der Waals surface area contributed by atoms with Crippen LogP contribution in [0.25, 0.3) is 0 Å². The van der Waals surface area contributed by atoms with Gasteiger partial charge in [0.15, 0.2) is 12.5 Å². The molecule has 3 N–H and O–H groups in total. The molecule has 0 aromatic rings. The summed E-state index contributed by atoms with van der Waals surface area (Å²) >= 11 is 0. The average Bonchev–Trinajstić information content (AvgIpc) is 2.10. The van der Waals surface area contributed by atoms with E-state index in [1.807, 2.05) is 0 Å². The van der Waals surface area contributed by atoms with Crippen LogP contribution in [-0.2, 0) is 4.74 Å². The number of urea groups is 1. The first-order valence-corrected chi connectivity index (χ1v) is 2.52. The van der Waals surface area contributed by atoms with Gasteiger partial charge in [0, 0.05) is 7.11 Å². The van der Waals surface area contributed by atoms with Crippen LogP contribution in [0.15, 0.2) is 0 Å². The van der Waals surface area contributed by atoms with Crippen molar-refractivity contribution in [3.05, 3.63) is 0 Å². The lowest BCUT2D eigenvalue weighted by Gasteiger charge is -2.08. The lowest BCUT2D eigenvalue weighted by Crippen LogP contribution is -2.34. The molecule has 52 valence electrons. The molecule has 0 bridgehead atoms. The summed E-state index contributed by atoms with van der Waals surface area (Å²) < 4.78 is 4.65. The zero-order chi connectivity index (χ0) is 6.85. The van der Waals surface area contributed by atoms with Gasteiger partial charge in [-0.1, -0.05) is 0 Å². The first-order valence-electron chi connectivity index (χ1n) is 2.52. The van der Waals surface area contributed by atoms with Gasteiger partial charge in [-0.3, -0.25) is 0 Å². The number of hydrogen-bond acceptors (Lipinski definition) is 3. The van der Waals surface area contributed by atoms with Gasteiger partial charge in [-0.25, -0.2) is 4.79 Å². The molecule has 1 rings (SSSR count). The molecule has 2 unspecified atom stereocenters. The molecule has 9 heavy (non-hydrogen) atoms. The van der Waals surface area contributed by atoms with Crippen LogP contribution in [0.2, 0.25) is 0 Å². The van der Waals surface area contributed by atoms with Crippen LogP contribution in [-0.4, -0.2) is 30.7 Å². The van der Waals surface area contributed by atoms with Crippen LogP contribution in [0.5, 0.6) is 0 Å². The zero-order valence-electron chi connectivity index (χ0n) is 4.92. The number of carbonyl (C=O) groups is 1. The minimum absolute atomic E-state index is 0.408. The van der Waals surface area contributed by atoms with E-state index in [-0.39, 0.29) is 0 Å². The molecule has 1 aliphatic heterocycles. The van der Waals surface area contributed by atoms with E-state index in [4.69, 9.17) is 5.11 Å². The Kier molecular flexibility index (Phi) is 1.54. The molecule has 2 atom stereocenters. The topological polar surface area (TPSA) is 70.6 Å². The number of amides is 2. The predicted molar refractivity (Wildman–Crippen MR) is 28.5 cm³/mol. The maximum Gasteiger partial charge on any atom is 0.319 e. The quantitative estimate of drug-likeness (QED) is 0.410. The van der Waals surface area contributed by atoms with Gasteiger partial charge in [0.25, 0.3) is 0 Å². The molecule has 1 saturated heterocycles. The summed E-state index contributed by atoms with van der Waals surface area (Å²) in [5.41, 5.74) is 0. The van der Waals surface area contributed by atoms with Crippen molar-refractivity contribution in [2.75, 3.05) is 7.11 Å². The molecule has 5 nitrogen and oxygen atoms in total. The van der Waals surface area contributed by atoms with Gasteiger partial charge in [0.05, 0.1) is 0 Å². The molecule has 0 aromatic heterocycles. The molecule has 1 fully saturated rings. The van der Waals surface area contributed by atoms with Crippen molar-refractivity contribution < 1.29 is 14.6 Å². The Morgan fingerprint density at radius 3 is 2.56 bits per heavy atom. The van der Waals surface area contributed by atoms with E-state index in [2.05, 4.69) is 15.4 Å². The molecule has 5 heteroatoms. The van der Waals surface area contributed by atoms with Gasteiger partial charge < -0.3 is 20.5 Å². The Morgan fingerprint density at radius 2 is 2.33 bits per heavy atom. The van der Waals surface area contributed by atoms with Gasteiger partial charge in [-0.05, 0) is 0 Å². The monoisotopic (exact) mass is 132 g/mol. The first-order chi connectivity index (χ1) is 4.24. The summed E-state index contributed by atoms with van der Waals surface area (Å²) in [5, 5.41) is 13.4. The minimum Gasteiger partial charge on any atom is -0.369 e. The predicted octanol–water partition coefficient (Wildman–Crippen LogP) is -1.41.